The molecule has 1 aliphatic carbocycles. The van der Waals surface area contributed by atoms with Crippen molar-refractivity contribution in [2.45, 2.75) is 52.0 Å². The summed E-state index contributed by atoms with van der Waals surface area (Å²) in [5, 5.41) is 6.42. The molecule has 2 N–H and O–H groups in total. The molecule has 3 heteroatoms. The average Bonchev–Trinajstić information content (AvgIpc) is 2.25. The Morgan fingerprint density at radius 1 is 1.20 bits per heavy atom. The van der Waals surface area contributed by atoms with Crippen molar-refractivity contribution < 1.29 is 4.79 Å². The zero-order valence-corrected chi connectivity index (χ0v) is 10.0. The Kier molecular flexibility index (Phi) is 5.69. The first-order valence-corrected chi connectivity index (χ1v) is 6.21. The van der Waals surface area contributed by atoms with Crippen molar-refractivity contribution >= 4 is 5.91 Å². The fraction of sp³-hybridized carbons (Fsp3) is 0.917. The van der Waals surface area contributed by atoms with Crippen molar-refractivity contribution in [2.75, 3.05) is 13.1 Å². The van der Waals surface area contributed by atoms with Crippen molar-refractivity contribution in [3.05, 3.63) is 0 Å². The maximum Gasteiger partial charge on any atom is 0.222 e. The first-order chi connectivity index (χ1) is 7.20. The van der Waals surface area contributed by atoms with E-state index in [2.05, 4.69) is 10.6 Å². The maximum atomic E-state index is 11.3. The van der Waals surface area contributed by atoms with Gasteiger partial charge >= 0.3 is 0 Å². The van der Waals surface area contributed by atoms with Crippen LogP contribution in [0.2, 0.25) is 0 Å². The van der Waals surface area contributed by atoms with Crippen LogP contribution in [0.15, 0.2) is 0 Å². The highest BCUT2D eigenvalue weighted by atomic mass is 16.1. The summed E-state index contributed by atoms with van der Waals surface area (Å²) in [6, 6.07) is 0.690. The van der Waals surface area contributed by atoms with Gasteiger partial charge < -0.3 is 10.6 Å². The molecule has 0 aromatic carbocycles. The lowest BCUT2D eigenvalue weighted by Gasteiger charge is -2.22. The molecule has 0 bridgehead atoms. The molecule has 1 amide bonds. The number of carbonyl (C=O) groups excluding carboxylic acids is 1. The van der Waals surface area contributed by atoms with E-state index in [9.17, 15) is 4.79 Å². The standard InChI is InChI=1S/C12H24N2O/c1-10(2)12(15)14-9-8-13-11-6-4-3-5-7-11/h10-11,13H,3-9H2,1-2H3,(H,14,15). The molecule has 1 fully saturated rings. The minimum absolute atomic E-state index is 0.0969. The van der Waals surface area contributed by atoms with Crippen LogP contribution in [-0.4, -0.2) is 25.0 Å². The Labute approximate surface area is 93.0 Å². The molecule has 0 saturated heterocycles. The van der Waals surface area contributed by atoms with Crippen LogP contribution in [0.3, 0.4) is 0 Å². The van der Waals surface area contributed by atoms with Gasteiger partial charge in [-0.3, -0.25) is 4.79 Å². The second kappa shape index (κ2) is 6.83. The summed E-state index contributed by atoms with van der Waals surface area (Å²) >= 11 is 0. The summed E-state index contributed by atoms with van der Waals surface area (Å²) in [6.45, 7) is 5.50. The summed E-state index contributed by atoms with van der Waals surface area (Å²) < 4.78 is 0. The summed E-state index contributed by atoms with van der Waals surface area (Å²) in [7, 11) is 0. The van der Waals surface area contributed by atoms with Crippen LogP contribution >= 0.6 is 0 Å². The minimum Gasteiger partial charge on any atom is -0.355 e. The monoisotopic (exact) mass is 212 g/mol. The zero-order chi connectivity index (χ0) is 11.1. The molecule has 1 aliphatic rings. The Hall–Kier alpha value is -0.570. The second-order valence-electron chi connectivity index (χ2n) is 4.73. The molecule has 3 nitrogen and oxygen atoms in total. The van der Waals surface area contributed by atoms with Crippen LogP contribution in [-0.2, 0) is 4.79 Å². The van der Waals surface area contributed by atoms with Crippen molar-refractivity contribution in [2.24, 2.45) is 5.92 Å². The molecule has 0 unspecified atom stereocenters. The number of hydrogen-bond acceptors (Lipinski definition) is 2. The molecule has 0 radical (unpaired) electrons. The third kappa shape index (κ3) is 5.17. The third-order valence-electron chi connectivity index (χ3n) is 2.99. The summed E-state index contributed by atoms with van der Waals surface area (Å²) in [5.41, 5.74) is 0. The van der Waals surface area contributed by atoms with Gasteiger partial charge in [-0.2, -0.15) is 0 Å². The van der Waals surface area contributed by atoms with Crippen molar-refractivity contribution in [3.8, 4) is 0 Å². The topological polar surface area (TPSA) is 41.1 Å². The van der Waals surface area contributed by atoms with Crippen LogP contribution in [0.1, 0.15) is 46.0 Å². The van der Waals surface area contributed by atoms with Crippen LogP contribution in [0.25, 0.3) is 0 Å². The molecule has 1 saturated carbocycles. The lowest BCUT2D eigenvalue weighted by molar-refractivity contribution is -0.123. The van der Waals surface area contributed by atoms with E-state index in [-0.39, 0.29) is 11.8 Å². The maximum absolute atomic E-state index is 11.3. The largest absolute Gasteiger partial charge is 0.355 e. The summed E-state index contributed by atoms with van der Waals surface area (Å²) in [4.78, 5) is 11.3. The number of hydrogen-bond donors (Lipinski definition) is 2. The molecular formula is C12H24N2O. The quantitative estimate of drug-likeness (QED) is 0.681. The minimum atomic E-state index is 0.0969. The van der Waals surface area contributed by atoms with Gasteiger partial charge in [-0.1, -0.05) is 33.1 Å². The lowest BCUT2D eigenvalue weighted by Crippen LogP contribution is -2.39. The molecule has 0 aromatic heterocycles. The van der Waals surface area contributed by atoms with Gasteiger partial charge in [0.2, 0.25) is 5.91 Å². The number of carbonyl (C=O) groups is 1. The van der Waals surface area contributed by atoms with Gasteiger partial charge in [0.05, 0.1) is 0 Å². The zero-order valence-electron chi connectivity index (χ0n) is 10.0. The SMILES string of the molecule is CC(C)C(=O)NCCNC1CCCCC1. The van der Waals surface area contributed by atoms with Gasteiger partial charge in [0.1, 0.15) is 0 Å². The van der Waals surface area contributed by atoms with E-state index >= 15 is 0 Å². The summed E-state index contributed by atoms with van der Waals surface area (Å²) in [6.07, 6.45) is 6.71. The van der Waals surface area contributed by atoms with Crippen LogP contribution in [0.5, 0.6) is 0 Å². The molecule has 0 heterocycles. The van der Waals surface area contributed by atoms with E-state index in [4.69, 9.17) is 0 Å². The van der Waals surface area contributed by atoms with E-state index < -0.39 is 0 Å². The average molecular weight is 212 g/mol. The van der Waals surface area contributed by atoms with Crippen molar-refractivity contribution in [1.82, 2.24) is 10.6 Å². The lowest BCUT2D eigenvalue weighted by atomic mass is 9.95. The van der Waals surface area contributed by atoms with Gasteiger partial charge in [-0.15, -0.1) is 0 Å². The molecule has 1 rings (SSSR count). The number of rotatable bonds is 5. The molecule has 0 spiro atoms. The van der Waals surface area contributed by atoms with Gasteiger partial charge in [0.25, 0.3) is 0 Å². The molecule has 0 atom stereocenters. The molecule has 0 aromatic rings. The molecule has 0 aliphatic heterocycles. The normalized spacial score (nSPS) is 18.1. The fourth-order valence-electron chi connectivity index (χ4n) is 1.97. The molecule has 88 valence electrons. The Morgan fingerprint density at radius 2 is 1.87 bits per heavy atom. The highest BCUT2D eigenvalue weighted by Crippen LogP contribution is 2.16. The smallest absolute Gasteiger partial charge is 0.222 e. The number of amides is 1. The Balaban J connectivity index is 1.98. The van der Waals surface area contributed by atoms with E-state index in [1.54, 1.807) is 0 Å². The molecular weight excluding hydrogens is 188 g/mol. The third-order valence-corrected chi connectivity index (χ3v) is 2.99. The first-order valence-electron chi connectivity index (χ1n) is 6.21. The van der Waals surface area contributed by atoms with Crippen LogP contribution in [0.4, 0.5) is 0 Å². The molecule has 15 heavy (non-hydrogen) atoms. The van der Waals surface area contributed by atoms with Gasteiger partial charge in [0, 0.05) is 25.0 Å². The number of nitrogens with one attached hydrogen (secondary N) is 2. The van der Waals surface area contributed by atoms with E-state index in [1.165, 1.54) is 32.1 Å². The van der Waals surface area contributed by atoms with Gasteiger partial charge in [0.15, 0.2) is 0 Å². The van der Waals surface area contributed by atoms with Crippen molar-refractivity contribution in [3.63, 3.8) is 0 Å². The van der Waals surface area contributed by atoms with E-state index in [1.807, 2.05) is 13.8 Å². The second-order valence-corrected chi connectivity index (χ2v) is 4.73. The predicted octanol–water partition coefficient (Wildman–Crippen LogP) is 1.68. The summed E-state index contributed by atoms with van der Waals surface area (Å²) in [5.74, 6) is 0.250. The highest BCUT2D eigenvalue weighted by Gasteiger charge is 2.12. The van der Waals surface area contributed by atoms with Gasteiger partial charge in [-0.05, 0) is 12.8 Å². The highest BCUT2D eigenvalue weighted by molar-refractivity contribution is 5.77. The predicted molar refractivity (Wildman–Crippen MR) is 62.7 cm³/mol. The Morgan fingerprint density at radius 3 is 2.47 bits per heavy atom. The first kappa shape index (κ1) is 12.5. The van der Waals surface area contributed by atoms with E-state index in [0.29, 0.717) is 6.04 Å². The van der Waals surface area contributed by atoms with Crippen LogP contribution < -0.4 is 10.6 Å². The van der Waals surface area contributed by atoms with Crippen molar-refractivity contribution in [1.29, 1.82) is 0 Å². The van der Waals surface area contributed by atoms with Crippen LogP contribution in [0, 0.1) is 5.92 Å². The van der Waals surface area contributed by atoms with Gasteiger partial charge in [-0.25, -0.2) is 0 Å². The Bertz CT molecular complexity index is 186. The van der Waals surface area contributed by atoms with E-state index in [0.717, 1.165) is 13.1 Å². The fourth-order valence-corrected chi connectivity index (χ4v) is 1.97.